The number of benzene rings is 1. The van der Waals surface area contributed by atoms with Crippen molar-refractivity contribution in [3.8, 4) is 22.8 Å². The van der Waals surface area contributed by atoms with E-state index >= 15 is 0 Å². The minimum absolute atomic E-state index is 0. The number of rotatable bonds is 6. The molecular formula is C21H25IN4O3. The summed E-state index contributed by atoms with van der Waals surface area (Å²) in [6, 6.07) is 12.4. The van der Waals surface area contributed by atoms with Crippen LogP contribution in [0, 0.1) is 0 Å². The maximum absolute atomic E-state index is 13.3. The van der Waals surface area contributed by atoms with Gasteiger partial charge in [0, 0.05) is 12.5 Å². The largest absolute Gasteiger partial charge is 1.00 e. The Labute approximate surface area is 187 Å². The average Bonchev–Trinajstić information content (AvgIpc) is 2.67. The lowest BCUT2D eigenvalue weighted by Gasteiger charge is -2.17. The fourth-order valence-electron chi connectivity index (χ4n) is 3.01. The number of fused-ring (bicyclic) bond motifs is 1. The maximum atomic E-state index is 13.3. The van der Waals surface area contributed by atoms with E-state index < -0.39 is 0 Å². The second-order valence-electron chi connectivity index (χ2n) is 7.33. The standard InChI is InChI=1S/C21H25N4O3.HI/c1-25(2,3)22-12-8-14-24-18-11-5-6-13-23(18)20(26)19(21(24)27)16-9-7-10-17(15-16)28-4;/h5-7,9-13,15H,8,14H2,1-4H3;1H/q+1;/p-1. The number of aromatic nitrogens is 2. The monoisotopic (exact) mass is 508 g/mol. The maximum Gasteiger partial charge on any atom is 0.349 e. The van der Waals surface area contributed by atoms with Gasteiger partial charge in [0.25, 0.3) is 5.65 Å². The zero-order valence-corrected chi connectivity index (χ0v) is 19.2. The molecule has 1 aromatic carbocycles. The average molecular weight is 508 g/mol. The Morgan fingerprint density at radius 2 is 1.97 bits per heavy atom. The molecule has 0 amide bonds. The van der Waals surface area contributed by atoms with E-state index in [1.165, 1.54) is 4.40 Å². The molecule has 0 saturated carbocycles. The molecule has 0 bridgehead atoms. The van der Waals surface area contributed by atoms with Crippen LogP contribution in [0.4, 0.5) is 0 Å². The molecule has 0 N–H and O–H groups in total. The molecule has 0 atom stereocenters. The van der Waals surface area contributed by atoms with Crippen molar-refractivity contribution in [3.05, 3.63) is 59.0 Å². The third-order valence-electron chi connectivity index (χ3n) is 4.27. The molecule has 0 fully saturated rings. The quantitative estimate of drug-likeness (QED) is 0.133. The fourth-order valence-corrected chi connectivity index (χ4v) is 3.01. The van der Waals surface area contributed by atoms with Crippen molar-refractivity contribution in [3.63, 3.8) is 0 Å². The highest BCUT2D eigenvalue weighted by molar-refractivity contribution is 5.68. The van der Waals surface area contributed by atoms with Gasteiger partial charge in [0.05, 0.1) is 53.1 Å². The summed E-state index contributed by atoms with van der Waals surface area (Å²) in [6.45, 7) is 0.424. The summed E-state index contributed by atoms with van der Waals surface area (Å²) in [7, 11) is 7.43. The number of hydrogen-bond donors (Lipinski definition) is 0. The van der Waals surface area contributed by atoms with Crippen molar-refractivity contribution < 1.29 is 43.0 Å². The van der Waals surface area contributed by atoms with Crippen molar-refractivity contribution in [2.45, 2.75) is 13.0 Å². The van der Waals surface area contributed by atoms with Gasteiger partial charge in [0.2, 0.25) is 0 Å². The summed E-state index contributed by atoms with van der Waals surface area (Å²) in [4.78, 5) is 13.0. The van der Waals surface area contributed by atoms with Crippen LogP contribution in [0.25, 0.3) is 16.8 Å². The van der Waals surface area contributed by atoms with Crippen LogP contribution in [0.1, 0.15) is 6.42 Å². The van der Waals surface area contributed by atoms with Crippen LogP contribution >= 0.6 is 0 Å². The van der Waals surface area contributed by atoms with Gasteiger partial charge in [0.1, 0.15) is 11.3 Å². The van der Waals surface area contributed by atoms with Crippen LogP contribution in [0.15, 0.2) is 58.6 Å². The van der Waals surface area contributed by atoms with Gasteiger partial charge in [-0.15, -0.1) is 0 Å². The number of quaternary nitrogens is 1. The highest BCUT2D eigenvalue weighted by Crippen LogP contribution is 2.25. The van der Waals surface area contributed by atoms with Gasteiger partial charge in [0.15, 0.2) is 0 Å². The zero-order chi connectivity index (χ0) is 20.3. The Morgan fingerprint density at radius 3 is 2.66 bits per heavy atom. The first-order valence-corrected chi connectivity index (χ1v) is 9.06. The molecule has 0 aliphatic heterocycles. The normalized spacial score (nSPS) is 11.6. The van der Waals surface area contributed by atoms with Crippen molar-refractivity contribution in [1.29, 1.82) is 0 Å². The summed E-state index contributed by atoms with van der Waals surface area (Å²) in [5.41, 5.74) is 0.889. The first-order valence-electron chi connectivity index (χ1n) is 9.06. The SMILES string of the molecule is COc1cccc(-c2c([O-])[n+](CCC=N[N+](C)(C)C)c3ccccn3c2=O)c1.[I-]. The van der Waals surface area contributed by atoms with E-state index in [-0.39, 0.29) is 41.0 Å². The predicted octanol–water partition coefficient (Wildman–Crippen LogP) is -1.58. The third-order valence-corrected chi connectivity index (χ3v) is 4.27. The van der Waals surface area contributed by atoms with Gasteiger partial charge in [-0.1, -0.05) is 23.3 Å². The van der Waals surface area contributed by atoms with Crippen LogP contribution < -0.4 is 43.9 Å². The molecule has 0 saturated heterocycles. The molecule has 0 radical (unpaired) electrons. The van der Waals surface area contributed by atoms with Crippen molar-refractivity contribution in [2.75, 3.05) is 28.3 Å². The topological polar surface area (TPSA) is 70.0 Å². The molecule has 0 unspecified atom stereocenters. The number of ether oxygens (including phenoxy) is 1. The van der Waals surface area contributed by atoms with Crippen LogP contribution in [0.3, 0.4) is 0 Å². The fraction of sp³-hybridized carbons (Fsp3) is 0.286. The van der Waals surface area contributed by atoms with E-state index in [0.717, 1.165) is 0 Å². The van der Waals surface area contributed by atoms with E-state index in [4.69, 9.17) is 4.74 Å². The summed E-state index contributed by atoms with van der Waals surface area (Å²) in [6.07, 6.45) is 4.06. The molecule has 8 heteroatoms. The van der Waals surface area contributed by atoms with Gasteiger partial charge >= 0.3 is 5.56 Å². The van der Waals surface area contributed by atoms with Gasteiger partial charge in [-0.3, -0.25) is 0 Å². The Kier molecular flexibility index (Phi) is 7.37. The molecule has 7 nitrogen and oxygen atoms in total. The summed E-state index contributed by atoms with van der Waals surface area (Å²) < 4.78 is 8.84. The molecule has 2 heterocycles. The van der Waals surface area contributed by atoms with E-state index in [0.29, 0.717) is 34.5 Å². The first-order chi connectivity index (χ1) is 13.3. The minimum Gasteiger partial charge on any atom is -1.00 e. The van der Waals surface area contributed by atoms with Crippen LogP contribution in [-0.2, 0) is 6.54 Å². The highest BCUT2D eigenvalue weighted by Gasteiger charge is 2.19. The Morgan fingerprint density at radius 1 is 1.21 bits per heavy atom. The van der Waals surface area contributed by atoms with Gasteiger partial charge in [-0.2, -0.15) is 4.40 Å². The number of pyridine rings is 1. The van der Waals surface area contributed by atoms with E-state index in [1.54, 1.807) is 54.3 Å². The second kappa shape index (κ2) is 9.36. The molecule has 3 aromatic rings. The Hall–Kier alpha value is -2.46. The number of methoxy groups -OCH3 is 1. The summed E-state index contributed by atoms with van der Waals surface area (Å²) in [5.74, 6) is 0.277. The first kappa shape index (κ1) is 22.8. The van der Waals surface area contributed by atoms with E-state index in [2.05, 4.69) is 5.10 Å². The molecule has 0 aliphatic rings. The Balaban J connectivity index is 0.00000300. The number of halogens is 1. The third kappa shape index (κ3) is 5.13. The van der Waals surface area contributed by atoms with E-state index in [9.17, 15) is 9.90 Å². The molecule has 0 spiro atoms. The van der Waals surface area contributed by atoms with Crippen LogP contribution in [-0.4, -0.2) is 43.5 Å². The smallest absolute Gasteiger partial charge is 0.349 e. The molecular weight excluding hydrogens is 483 g/mol. The summed E-state index contributed by atoms with van der Waals surface area (Å²) in [5, 5.41) is 17.7. The van der Waals surface area contributed by atoms with Crippen molar-refractivity contribution >= 4 is 11.9 Å². The lowest BCUT2D eigenvalue weighted by Crippen LogP contribution is -3.00. The molecule has 29 heavy (non-hydrogen) atoms. The van der Waals surface area contributed by atoms with Crippen LogP contribution in [0.2, 0.25) is 0 Å². The molecule has 2 aromatic heterocycles. The van der Waals surface area contributed by atoms with Gasteiger partial charge in [-0.05, 0) is 23.8 Å². The summed E-state index contributed by atoms with van der Waals surface area (Å²) >= 11 is 0. The zero-order valence-electron chi connectivity index (χ0n) is 17.0. The lowest BCUT2D eigenvalue weighted by atomic mass is 10.1. The number of hydrogen-bond acceptors (Lipinski definition) is 4. The molecule has 154 valence electrons. The van der Waals surface area contributed by atoms with Gasteiger partial charge < -0.3 is 33.8 Å². The van der Waals surface area contributed by atoms with E-state index in [1.807, 2.05) is 33.4 Å². The van der Waals surface area contributed by atoms with Gasteiger partial charge in [-0.25, -0.2) is 14.0 Å². The minimum atomic E-state index is -0.342. The number of nitrogens with zero attached hydrogens (tertiary/aromatic N) is 4. The Bertz CT molecular complexity index is 1090. The molecule has 3 rings (SSSR count). The lowest BCUT2D eigenvalue weighted by molar-refractivity contribution is -0.876. The van der Waals surface area contributed by atoms with Crippen molar-refractivity contribution in [2.24, 2.45) is 5.10 Å². The van der Waals surface area contributed by atoms with Crippen LogP contribution in [0.5, 0.6) is 11.6 Å². The molecule has 0 aliphatic carbocycles. The highest BCUT2D eigenvalue weighted by atomic mass is 127. The van der Waals surface area contributed by atoms with Crippen molar-refractivity contribution in [1.82, 2.24) is 4.40 Å². The predicted molar refractivity (Wildman–Crippen MR) is 106 cm³/mol. The second-order valence-corrected chi connectivity index (χ2v) is 7.33. The number of aryl methyl sites for hydroxylation is 1.